The van der Waals surface area contributed by atoms with E-state index in [9.17, 15) is 4.79 Å². The molecule has 1 amide bonds. The molecule has 4 aliphatic heterocycles. The van der Waals surface area contributed by atoms with E-state index in [0.29, 0.717) is 17.4 Å². The number of hydrogen-bond acceptors (Lipinski definition) is 3. The molecule has 0 spiro atoms. The molecule has 4 aliphatic rings. The number of hydrogen-bond donors (Lipinski definition) is 0. The highest BCUT2D eigenvalue weighted by molar-refractivity contribution is 6.30. The molecular weight excluding hydrogens is 370 g/mol. The molecule has 5 heteroatoms. The predicted molar refractivity (Wildman–Crippen MR) is 110 cm³/mol. The molecule has 0 saturated carbocycles. The van der Waals surface area contributed by atoms with Gasteiger partial charge in [-0.25, -0.2) is 0 Å². The number of benzene rings is 1. The molecule has 0 N–H and O–H groups in total. The van der Waals surface area contributed by atoms with Gasteiger partial charge in [0, 0.05) is 30.7 Å². The number of rotatable bonds is 3. The van der Waals surface area contributed by atoms with Gasteiger partial charge in [0.2, 0.25) is 5.91 Å². The number of nitrogens with zero attached hydrogens (tertiary/aromatic N) is 3. The zero-order valence-electron chi connectivity index (χ0n) is 16.1. The largest absolute Gasteiger partial charge is 0.330 e. The Hall–Kier alpha value is -1.91. The molecule has 3 saturated heterocycles. The minimum atomic E-state index is -0.115. The molecule has 146 valence electrons. The van der Waals surface area contributed by atoms with Crippen LogP contribution in [-0.4, -0.2) is 46.9 Å². The van der Waals surface area contributed by atoms with Gasteiger partial charge >= 0.3 is 0 Å². The summed E-state index contributed by atoms with van der Waals surface area (Å²) < 4.78 is 0. The summed E-state index contributed by atoms with van der Waals surface area (Å²) in [5.74, 6) is 1.50. The monoisotopic (exact) mass is 395 g/mol. The lowest BCUT2D eigenvalue weighted by molar-refractivity contribution is -0.136. The molecule has 2 bridgehead atoms. The predicted octanol–water partition coefficient (Wildman–Crippen LogP) is 3.94. The Labute approximate surface area is 171 Å². The van der Waals surface area contributed by atoms with Crippen LogP contribution in [0.25, 0.3) is 0 Å². The Morgan fingerprint density at radius 2 is 1.89 bits per heavy atom. The summed E-state index contributed by atoms with van der Waals surface area (Å²) in [6, 6.07) is 11.9. The van der Waals surface area contributed by atoms with Crippen molar-refractivity contribution >= 4 is 17.5 Å². The molecule has 28 heavy (non-hydrogen) atoms. The van der Waals surface area contributed by atoms with E-state index in [2.05, 4.69) is 20.9 Å². The number of fused-ring (bicyclic) bond motifs is 4. The number of amides is 1. The summed E-state index contributed by atoms with van der Waals surface area (Å²) in [6.07, 6.45) is 5.88. The topological polar surface area (TPSA) is 36.4 Å². The Morgan fingerprint density at radius 1 is 1.11 bits per heavy atom. The van der Waals surface area contributed by atoms with Crippen LogP contribution in [0.4, 0.5) is 0 Å². The van der Waals surface area contributed by atoms with Crippen LogP contribution in [0.2, 0.25) is 5.02 Å². The number of aromatic nitrogens is 1. The highest BCUT2D eigenvalue weighted by Gasteiger charge is 2.38. The van der Waals surface area contributed by atoms with E-state index >= 15 is 0 Å². The van der Waals surface area contributed by atoms with Crippen LogP contribution in [0, 0.1) is 11.8 Å². The van der Waals surface area contributed by atoms with Gasteiger partial charge < -0.3 is 9.80 Å². The minimum absolute atomic E-state index is 0.115. The number of pyridine rings is 1. The molecule has 4 nitrogen and oxygen atoms in total. The SMILES string of the molecule is O=C(C[C@H]1CN2CCC1CC2)N1CCc2cccnc2C1c1ccc(Cl)cc1. The van der Waals surface area contributed by atoms with Gasteiger partial charge in [0.15, 0.2) is 0 Å². The van der Waals surface area contributed by atoms with Crippen LogP contribution in [-0.2, 0) is 11.2 Å². The van der Waals surface area contributed by atoms with Gasteiger partial charge in [-0.1, -0.05) is 29.8 Å². The molecule has 1 aromatic carbocycles. The summed E-state index contributed by atoms with van der Waals surface area (Å²) in [6.45, 7) is 4.27. The third kappa shape index (κ3) is 3.33. The molecule has 6 rings (SSSR count). The lowest BCUT2D eigenvalue weighted by atomic mass is 9.77. The van der Waals surface area contributed by atoms with E-state index < -0.39 is 0 Å². The van der Waals surface area contributed by atoms with Crippen LogP contribution >= 0.6 is 11.6 Å². The Bertz CT molecular complexity index is 860. The van der Waals surface area contributed by atoms with E-state index in [1.54, 1.807) is 0 Å². The molecule has 3 fully saturated rings. The average molecular weight is 396 g/mol. The molecule has 0 aliphatic carbocycles. The molecule has 1 aromatic heterocycles. The quantitative estimate of drug-likeness (QED) is 0.789. The highest BCUT2D eigenvalue weighted by Crippen LogP contribution is 2.38. The van der Waals surface area contributed by atoms with Crippen LogP contribution in [0.1, 0.15) is 42.1 Å². The van der Waals surface area contributed by atoms with Crippen LogP contribution in [0.5, 0.6) is 0 Å². The number of carbonyl (C=O) groups is 1. The summed E-state index contributed by atoms with van der Waals surface area (Å²) in [5.41, 5.74) is 3.35. The zero-order chi connectivity index (χ0) is 19.1. The van der Waals surface area contributed by atoms with Crippen molar-refractivity contribution in [2.45, 2.75) is 31.7 Å². The van der Waals surface area contributed by atoms with Crippen LogP contribution < -0.4 is 0 Å². The Morgan fingerprint density at radius 3 is 2.61 bits per heavy atom. The zero-order valence-corrected chi connectivity index (χ0v) is 16.8. The maximum Gasteiger partial charge on any atom is 0.223 e. The first kappa shape index (κ1) is 18.1. The standard InChI is InChI=1S/C23H26ClN3O/c24-20-5-3-18(4-6-20)23-22-17(2-1-10-25-22)9-13-27(23)21(28)14-19-15-26-11-7-16(19)8-12-26/h1-6,10,16,19,23H,7-9,11-15H2/t19-,23?/m0/s1. The first-order valence-corrected chi connectivity index (χ1v) is 10.8. The number of piperidine rings is 3. The lowest BCUT2D eigenvalue weighted by Gasteiger charge is -2.45. The third-order valence-electron chi connectivity index (χ3n) is 6.85. The number of carbonyl (C=O) groups excluding carboxylic acids is 1. The summed E-state index contributed by atoms with van der Waals surface area (Å²) >= 11 is 6.11. The fourth-order valence-corrected chi connectivity index (χ4v) is 5.46. The summed E-state index contributed by atoms with van der Waals surface area (Å²) in [5, 5.41) is 0.714. The van der Waals surface area contributed by atoms with Gasteiger partial charge in [0.25, 0.3) is 0 Å². The molecule has 5 heterocycles. The van der Waals surface area contributed by atoms with Crippen molar-refractivity contribution in [3.63, 3.8) is 0 Å². The van der Waals surface area contributed by atoms with Gasteiger partial charge in [0.05, 0.1) is 11.7 Å². The Balaban J connectivity index is 1.43. The van der Waals surface area contributed by atoms with Crippen molar-refractivity contribution in [3.05, 3.63) is 64.4 Å². The maximum absolute atomic E-state index is 13.5. The van der Waals surface area contributed by atoms with Gasteiger partial charge in [-0.3, -0.25) is 9.78 Å². The maximum atomic E-state index is 13.5. The van der Waals surface area contributed by atoms with Gasteiger partial charge in [-0.2, -0.15) is 0 Å². The first-order valence-electron chi connectivity index (χ1n) is 10.4. The van der Waals surface area contributed by atoms with Crippen molar-refractivity contribution in [2.75, 3.05) is 26.2 Å². The van der Waals surface area contributed by atoms with E-state index in [0.717, 1.165) is 36.7 Å². The van der Waals surface area contributed by atoms with E-state index in [1.807, 2.05) is 36.5 Å². The third-order valence-corrected chi connectivity index (χ3v) is 7.11. The Kier molecular flexibility index (Phi) is 4.85. The van der Waals surface area contributed by atoms with Crippen molar-refractivity contribution < 1.29 is 4.79 Å². The fraction of sp³-hybridized carbons (Fsp3) is 0.478. The van der Waals surface area contributed by atoms with Gasteiger partial charge in [-0.15, -0.1) is 0 Å². The lowest BCUT2D eigenvalue weighted by Crippen LogP contribution is -2.49. The molecular formula is C23H26ClN3O. The van der Waals surface area contributed by atoms with E-state index in [-0.39, 0.29) is 11.9 Å². The van der Waals surface area contributed by atoms with Crippen molar-refractivity contribution in [1.29, 1.82) is 0 Å². The van der Waals surface area contributed by atoms with E-state index in [4.69, 9.17) is 11.6 Å². The average Bonchev–Trinajstić information content (AvgIpc) is 2.74. The van der Waals surface area contributed by atoms with Crippen molar-refractivity contribution in [1.82, 2.24) is 14.8 Å². The van der Waals surface area contributed by atoms with Crippen molar-refractivity contribution in [3.8, 4) is 0 Å². The van der Waals surface area contributed by atoms with Gasteiger partial charge in [0.1, 0.15) is 0 Å². The highest BCUT2D eigenvalue weighted by atomic mass is 35.5. The molecule has 1 unspecified atom stereocenters. The molecule has 0 radical (unpaired) electrons. The van der Waals surface area contributed by atoms with Crippen molar-refractivity contribution in [2.24, 2.45) is 11.8 Å². The fourth-order valence-electron chi connectivity index (χ4n) is 5.34. The first-order chi connectivity index (χ1) is 13.7. The van der Waals surface area contributed by atoms with Crippen LogP contribution in [0.3, 0.4) is 0 Å². The molecule has 2 atom stereocenters. The second kappa shape index (κ2) is 7.49. The summed E-state index contributed by atoms with van der Waals surface area (Å²) in [7, 11) is 0. The minimum Gasteiger partial charge on any atom is -0.330 e. The smallest absolute Gasteiger partial charge is 0.223 e. The normalized spacial score (nSPS) is 28.8. The van der Waals surface area contributed by atoms with Crippen LogP contribution in [0.15, 0.2) is 42.6 Å². The molecule has 2 aromatic rings. The van der Waals surface area contributed by atoms with E-state index in [1.165, 1.54) is 31.5 Å². The summed E-state index contributed by atoms with van der Waals surface area (Å²) in [4.78, 5) is 22.7. The second-order valence-corrected chi connectivity index (χ2v) is 8.88. The van der Waals surface area contributed by atoms with Gasteiger partial charge in [-0.05, 0) is 73.5 Å². The second-order valence-electron chi connectivity index (χ2n) is 8.44. The number of halogens is 1.